The first-order chi connectivity index (χ1) is 8.99. The highest BCUT2D eigenvalue weighted by Crippen LogP contribution is 2.21. The highest BCUT2D eigenvalue weighted by molar-refractivity contribution is 5.92. The summed E-state index contributed by atoms with van der Waals surface area (Å²) in [5.74, 6) is 0.623. The molecule has 3 heteroatoms. The van der Waals surface area contributed by atoms with E-state index in [1.165, 1.54) is 0 Å². The largest absolute Gasteiger partial charge is 0.367 e. The molecular weight excluding hydrogens is 236 g/mol. The number of rotatable bonds is 7. The van der Waals surface area contributed by atoms with Gasteiger partial charge >= 0.3 is 0 Å². The van der Waals surface area contributed by atoms with E-state index in [4.69, 9.17) is 0 Å². The molecule has 0 N–H and O–H groups in total. The molecule has 0 aromatic carbocycles. The van der Waals surface area contributed by atoms with E-state index < -0.39 is 0 Å². The number of Topliss-reactive ketones (excluding diaryl/α,β-unsaturated/α-hetero) is 1. The standard InChI is InChI=1S/C16H26N2O/c1-6-14(7-2)18(11-12(3)4)15-8-9-16(13(5)19)17-10-15/h8-10,12,14H,6-7,11H2,1-5H3. The number of pyridine rings is 1. The molecule has 1 aromatic rings. The van der Waals surface area contributed by atoms with Crippen LogP contribution in [-0.4, -0.2) is 23.4 Å². The summed E-state index contributed by atoms with van der Waals surface area (Å²) in [4.78, 5) is 18.0. The van der Waals surface area contributed by atoms with Crippen molar-refractivity contribution in [1.29, 1.82) is 0 Å². The zero-order valence-electron chi connectivity index (χ0n) is 12.8. The highest BCUT2D eigenvalue weighted by Gasteiger charge is 2.17. The van der Waals surface area contributed by atoms with Crippen molar-refractivity contribution in [3.05, 3.63) is 24.0 Å². The van der Waals surface area contributed by atoms with Gasteiger partial charge in [0.1, 0.15) is 5.69 Å². The molecular formula is C16H26N2O. The lowest BCUT2D eigenvalue weighted by atomic mass is 10.1. The average Bonchev–Trinajstić information content (AvgIpc) is 2.38. The van der Waals surface area contributed by atoms with Crippen molar-refractivity contribution in [2.75, 3.05) is 11.4 Å². The Morgan fingerprint density at radius 2 is 1.89 bits per heavy atom. The lowest BCUT2D eigenvalue weighted by Crippen LogP contribution is -2.37. The van der Waals surface area contributed by atoms with Crippen LogP contribution in [0.5, 0.6) is 0 Å². The molecule has 1 aromatic heterocycles. The molecule has 0 aliphatic heterocycles. The van der Waals surface area contributed by atoms with E-state index in [-0.39, 0.29) is 5.78 Å². The van der Waals surface area contributed by atoms with Crippen LogP contribution in [0.3, 0.4) is 0 Å². The van der Waals surface area contributed by atoms with Gasteiger partial charge in [0.05, 0.1) is 11.9 Å². The van der Waals surface area contributed by atoms with Gasteiger partial charge in [-0.1, -0.05) is 27.7 Å². The lowest BCUT2D eigenvalue weighted by Gasteiger charge is -2.34. The van der Waals surface area contributed by atoms with E-state index >= 15 is 0 Å². The predicted octanol–water partition coefficient (Wildman–Crippen LogP) is 3.94. The quantitative estimate of drug-likeness (QED) is 0.698. The zero-order valence-corrected chi connectivity index (χ0v) is 12.8. The van der Waals surface area contributed by atoms with Crippen molar-refractivity contribution < 1.29 is 4.79 Å². The molecule has 0 aliphatic rings. The first-order valence-corrected chi connectivity index (χ1v) is 7.23. The summed E-state index contributed by atoms with van der Waals surface area (Å²) in [6, 6.07) is 4.38. The summed E-state index contributed by atoms with van der Waals surface area (Å²) in [6.45, 7) is 11.5. The van der Waals surface area contributed by atoms with Gasteiger partial charge in [-0.05, 0) is 30.9 Å². The van der Waals surface area contributed by atoms with Crippen LogP contribution in [0, 0.1) is 5.92 Å². The minimum Gasteiger partial charge on any atom is -0.367 e. The third-order valence-electron chi connectivity index (χ3n) is 3.39. The molecule has 0 spiro atoms. The zero-order chi connectivity index (χ0) is 14.4. The number of ketones is 1. The number of hydrogen-bond donors (Lipinski definition) is 0. The Labute approximate surface area is 117 Å². The van der Waals surface area contributed by atoms with E-state index in [9.17, 15) is 4.79 Å². The molecule has 3 nitrogen and oxygen atoms in total. The maximum absolute atomic E-state index is 11.3. The Morgan fingerprint density at radius 1 is 1.26 bits per heavy atom. The third kappa shape index (κ3) is 4.34. The normalized spacial score (nSPS) is 11.1. The van der Waals surface area contributed by atoms with E-state index in [2.05, 4.69) is 37.6 Å². The molecule has 0 aliphatic carbocycles. The Kier molecular flexibility index (Phi) is 6.00. The monoisotopic (exact) mass is 262 g/mol. The average molecular weight is 262 g/mol. The van der Waals surface area contributed by atoms with Gasteiger partial charge in [-0.2, -0.15) is 0 Å². The van der Waals surface area contributed by atoms with Gasteiger partial charge in [0.25, 0.3) is 0 Å². The Bertz CT molecular complexity index is 394. The van der Waals surface area contributed by atoms with Gasteiger partial charge in [0.2, 0.25) is 0 Å². The van der Waals surface area contributed by atoms with Crippen LogP contribution in [0.25, 0.3) is 0 Å². The Hall–Kier alpha value is -1.38. The van der Waals surface area contributed by atoms with Crippen molar-refractivity contribution in [2.45, 2.75) is 53.5 Å². The van der Waals surface area contributed by atoms with Crippen molar-refractivity contribution in [3.8, 4) is 0 Å². The SMILES string of the molecule is CCC(CC)N(CC(C)C)c1ccc(C(C)=O)nc1. The van der Waals surface area contributed by atoms with Crippen molar-refractivity contribution in [1.82, 2.24) is 4.98 Å². The van der Waals surface area contributed by atoms with Crippen LogP contribution in [0.1, 0.15) is 57.9 Å². The van der Waals surface area contributed by atoms with Gasteiger partial charge in [-0.3, -0.25) is 9.78 Å². The second-order valence-electron chi connectivity index (χ2n) is 5.47. The van der Waals surface area contributed by atoms with Crippen molar-refractivity contribution in [2.24, 2.45) is 5.92 Å². The van der Waals surface area contributed by atoms with Crippen LogP contribution in [0.15, 0.2) is 18.3 Å². The second kappa shape index (κ2) is 7.27. The number of hydrogen-bond acceptors (Lipinski definition) is 3. The molecule has 106 valence electrons. The topological polar surface area (TPSA) is 33.2 Å². The number of carbonyl (C=O) groups is 1. The highest BCUT2D eigenvalue weighted by atomic mass is 16.1. The molecule has 0 radical (unpaired) electrons. The number of anilines is 1. The fourth-order valence-electron chi connectivity index (χ4n) is 2.35. The van der Waals surface area contributed by atoms with Gasteiger partial charge in [-0.25, -0.2) is 0 Å². The van der Waals surface area contributed by atoms with Crippen LogP contribution in [0.4, 0.5) is 5.69 Å². The second-order valence-corrected chi connectivity index (χ2v) is 5.47. The van der Waals surface area contributed by atoms with Gasteiger partial charge in [-0.15, -0.1) is 0 Å². The van der Waals surface area contributed by atoms with E-state index in [0.717, 1.165) is 25.1 Å². The number of nitrogens with zero attached hydrogens (tertiary/aromatic N) is 2. The van der Waals surface area contributed by atoms with Gasteiger partial charge < -0.3 is 4.90 Å². The summed E-state index contributed by atoms with van der Waals surface area (Å²) in [5, 5.41) is 0. The molecule has 0 saturated heterocycles. The molecule has 0 unspecified atom stereocenters. The minimum atomic E-state index is 0.0180. The van der Waals surface area contributed by atoms with Crippen LogP contribution >= 0.6 is 0 Å². The maximum atomic E-state index is 11.3. The number of aromatic nitrogens is 1. The number of carbonyl (C=O) groups excluding carboxylic acids is 1. The first kappa shape index (κ1) is 15.7. The van der Waals surface area contributed by atoms with Crippen molar-refractivity contribution in [3.63, 3.8) is 0 Å². The molecule has 0 amide bonds. The molecule has 1 heterocycles. The first-order valence-electron chi connectivity index (χ1n) is 7.23. The van der Waals surface area contributed by atoms with E-state index in [0.29, 0.717) is 17.7 Å². The summed E-state index contributed by atoms with van der Waals surface area (Å²) < 4.78 is 0. The van der Waals surface area contributed by atoms with Crippen LogP contribution in [0.2, 0.25) is 0 Å². The third-order valence-corrected chi connectivity index (χ3v) is 3.39. The predicted molar refractivity (Wildman–Crippen MR) is 80.8 cm³/mol. The maximum Gasteiger partial charge on any atom is 0.178 e. The summed E-state index contributed by atoms with van der Waals surface area (Å²) in [6.07, 6.45) is 4.08. The Balaban J connectivity index is 2.99. The van der Waals surface area contributed by atoms with Crippen LogP contribution < -0.4 is 4.90 Å². The van der Waals surface area contributed by atoms with Gasteiger partial charge in [0, 0.05) is 19.5 Å². The lowest BCUT2D eigenvalue weighted by molar-refractivity contribution is 0.101. The molecule has 0 saturated carbocycles. The molecule has 0 atom stereocenters. The minimum absolute atomic E-state index is 0.0180. The van der Waals surface area contributed by atoms with Crippen LogP contribution in [-0.2, 0) is 0 Å². The summed E-state index contributed by atoms with van der Waals surface area (Å²) in [5.41, 5.74) is 1.66. The molecule has 0 bridgehead atoms. The molecule has 0 fully saturated rings. The van der Waals surface area contributed by atoms with E-state index in [1.807, 2.05) is 18.3 Å². The summed E-state index contributed by atoms with van der Waals surface area (Å²) in [7, 11) is 0. The summed E-state index contributed by atoms with van der Waals surface area (Å²) >= 11 is 0. The fraction of sp³-hybridized carbons (Fsp3) is 0.625. The van der Waals surface area contributed by atoms with Gasteiger partial charge in [0.15, 0.2) is 5.78 Å². The van der Waals surface area contributed by atoms with Crippen molar-refractivity contribution >= 4 is 11.5 Å². The Morgan fingerprint density at radius 3 is 2.26 bits per heavy atom. The fourth-order valence-corrected chi connectivity index (χ4v) is 2.35. The van der Waals surface area contributed by atoms with E-state index in [1.54, 1.807) is 6.92 Å². The molecule has 1 rings (SSSR count). The smallest absolute Gasteiger partial charge is 0.178 e. The molecule has 19 heavy (non-hydrogen) atoms.